The summed E-state index contributed by atoms with van der Waals surface area (Å²) in [6.07, 6.45) is 4.31. The summed E-state index contributed by atoms with van der Waals surface area (Å²) in [6.45, 7) is 4.22. The SMILES string of the molecule is N=C(/C=C\C(=N)N1CCC2Nc3ccc(F)cc3C2C1)N1CCOCC1. The fourth-order valence-corrected chi connectivity index (χ4v) is 4.00. The maximum absolute atomic E-state index is 13.6. The number of nitrogens with zero attached hydrogens (tertiary/aromatic N) is 2. The number of amidine groups is 2. The molecule has 138 valence electrons. The second kappa shape index (κ2) is 7.07. The van der Waals surface area contributed by atoms with Gasteiger partial charge in [0.2, 0.25) is 0 Å². The molecule has 2 unspecified atom stereocenters. The number of likely N-dealkylation sites (tertiary alicyclic amines) is 1. The quantitative estimate of drug-likeness (QED) is 0.561. The molecular formula is C19H24FN5O. The molecule has 1 aromatic rings. The van der Waals surface area contributed by atoms with E-state index >= 15 is 0 Å². The Bertz CT molecular complexity index is 743. The maximum atomic E-state index is 13.6. The minimum Gasteiger partial charge on any atom is -0.381 e. The van der Waals surface area contributed by atoms with Gasteiger partial charge in [0.15, 0.2) is 0 Å². The molecular weight excluding hydrogens is 333 g/mol. The highest BCUT2D eigenvalue weighted by molar-refractivity contribution is 5.99. The molecule has 1 aromatic carbocycles. The molecule has 0 radical (unpaired) electrons. The van der Waals surface area contributed by atoms with Gasteiger partial charge in [0, 0.05) is 43.8 Å². The number of hydrogen-bond acceptors (Lipinski definition) is 4. The van der Waals surface area contributed by atoms with Gasteiger partial charge in [-0.3, -0.25) is 10.8 Å². The largest absolute Gasteiger partial charge is 0.381 e. The minimum atomic E-state index is -0.211. The van der Waals surface area contributed by atoms with Crippen molar-refractivity contribution in [2.24, 2.45) is 0 Å². The van der Waals surface area contributed by atoms with Gasteiger partial charge in [0.25, 0.3) is 0 Å². The number of nitrogens with one attached hydrogen (secondary N) is 3. The minimum absolute atomic E-state index is 0.196. The average molecular weight is 357 g/mol. The molecule has 3 aliphatic heterocycles. The Kier molecular flexibility index (Phi) is 4.63. The summed E-state index contributed by atoms with van der Waals surface area (Å²) >= 11 is 0. The van der Waals surface area contributed by atoms with Crippen LogP contribution in [0.1, 0.15) is 17.9 Å². The summed E-state index contributed by atoms with van der Waals surface area (Å²) < 4.78 is 18.9. The lowest BCUT2D eigenvalue weighted by Crippen LogP contribution is -2.44. The summed E-state index contributed by atoms with van der Waals surface area (Å²) in [7, 11) is 0. The van der Waals surface area contributed by atoms with Gasteiger partial charge in [0.05, 0.1) is 13.2 Å². The summed E-state index contributed by atoms with van der Waals surface area (Å²) in [5, 5.41) is 20.0. The lowest BCUT2D eigenvalue weighted by atomic mass is 9.89. The van der Waals surface area contributed by atoms with Crippen molar-refractivity contribution in [3.8, 4) is 0 Å². The zero-order valence-corrected chi connectivity index (χ0v) is 14.7. The normalized spacial score (nSPS) is 25.0. The lowest BCUT2D eigenvalue weighted by Gasteiger charge is -2.36. The second-order valence-electron chi connectivity index (χ2n) is 7.03. The Balaban J connectivity index is 1.40. The van der Waals surface area contributed by atoms with Crippen molar-refractivity contribution >= 4 is 17.4 Å². The van der Waals surface area contributed by atoms with Gasteiger partial charge in [0.1, 0.15) is 17.5 Å². The lowest BCUT2D eigenvalue weighted by molar-refractivity contribution is 0.0681. The van der Waals surface area contributed by atoms with Gasteiger partial charge >= 0.3 is 0 Å². The molecule has 3 aliphatic rings. The second-order valence-corrected chi connectivity index (χ2v) is 7.03. The van der Waals surface area contributed by atoms with E-state index in [4.69, 9.17) is 15.6 Å². The third-order valence-electron chi connectivity index (χ3n) is 5.46. The van der Waals surface area contributed by atoms with E-state index in [9.17, 15) is 4.39 Å². The van der Waals surface area contributed by atoms with Crippen LogP contribution in [0.2, 0.25) is 0 Å². The smallest absolute Gasteiger partial charge is 0.123 e. The number of benzene rings is 1. The summed E-state index contributed by atoms with van der Waals surface area (Å²) in [5.74, 6) is 0.813. The van der Waals surface area contributed by atoms with E-state index in [0.717, 1.165) is 37.3 Å². The van der Waals surface area contributed by atoms with Crippen molar-refractivity contribution in [2.75, 3.05) is 44.7 Å². The Morgan fingerprint density at radius 1 is 1.12 bits per heavy atom. The number of halogens is 1. The number of hydrogen-bond donors (Lipinski definition) is 3. The molecule has 0 aromatic heterocycles. The van der Waals surface area contributed by atoms with E-state index in [1.165, 1.54) is 6.07 Å². The van der Waals surface area contributed by atoms with Gasteiger partial charge in [-0.1, -0.05) is 0 Å². The first kappa shape index (κ1) is 17.0. The molecule has 7 heteroatoms. The van der Waals surface area contributed by atoms with E-state index in [-0.39, 0.29) is 11.7 Å². The number of rotatable bonds is 2. The van der Waals surface area contributed by atoms with E-state index in [0.29, 0.717) is 37.5 Å². The van der Waals surface area contributed by atoms with E-state index in [1.807, 2.05) is 15.9 Å². The third kappa shape index (κ3) is 3.31. The number of morpholine rings is 1. The number of fused-ring (bicyclic) bond motifs is 3. The van der Waals surface area contributed by atoms with Crippen LogP contribution in [0.5, 0.6) is 0 Å². The molecule has 0 saturated carbocycles. The van der Waals surface area contributed by atoms with E-state index in [2.05, 4.69) is 5.32 Å². The molecule has 0 aliphatic carbocycles. The van der Waals surface area contributed by atoms with Crippen molar-refractivity contribution in [1.29, 1.82) is 10.8 Å². The molecule has 0 spiro atoms. The molecule has 26 heavy (non-hydrogen) atoms. The van der Waals surface area contributed by atoms with Crippen LogP contribution >= 0.6 is 0 Å². The first-order valence-electron chi connectivity index (χ1n) is 9.10. The number of anilines is 1. The van der Waals surface area contributed by atoms with Gasteiger partial charge < -0.3 is 19.9 Å². The average Bonchev–Trinajstić information content (AvgIpc) is 3.03. The molecule has 2 saturated heterocycles. The standard InChI is InChI=1S/C19H24FN5O/c20-13-1-2-16-14(11-13)15-12-25(6-5-17(15)23-16)19(22)4-3-18(21)24-7-9-26-10-8-24/h1-4,11,15,17,21-23H,5-10,12H2/b4-3-,21-18?,22-19?. The number of ether oxygens (including phenoxy) is 1. The monoisotopic (exact) mass is 357 g/mol. The summed E-state index contributed by atoms with van der Waals surface area (Å²) in [5.41, 5.74) is 2.02. The predicted molar refractivity (Wildman–Crippen MR) is 99.7 cm³/mol. The summed E-state index contributed by atoms with van der Waals surface area (Å²) in [4.78, 5) is 3.98. The zero-order valence-electron chi connectivity index (χ0n) is 14.7. The molecule has 3 N–H and O–H groups in total. The molecule has 0 bridgehead atoms. The fraction of sp³-hybridized carbons (Fsp3) is 0.474. The van der Waals surface area contributed by atoms with Gasteiger partial charge in [-0.25, -0.2) is 4.39 Å². The molecule has 2 atom stereocenters. The fourth-order valence-electron chi connectivity index (χ4n) is 4.00. The third-order valence-corrected chi connectivity index (χ3v) is 5.46. The first-order chi connectivity index (χ1) is 12.6. The van der Waals surface area contributed by atoms with Crippen molar-refractivity contribution in [1.82, 2.24) is 9.80 Å². The van der Waals surface area contributed by atoms with Gasteiger partial charge in [-0.2, -0.15) is 0 Å². The topological polar surface area (TPSA) is 75.4 Å². The highest BCUT2D eigenvalue weighted by Gasteiger charge is 2.37. The highest BCUT2D eigenvalue weighted by atomic mass is 19.1. The van der Waals surface area contributed by atoms with Crippen LogP contribution in [0.4, 0.5) is 10.1 Å². The zero-order chi connectivity index (χ0) is 18.1. The van der Waals surface area contributed by atoms with E-state index in [1.54, 1.807) is 18.2 Å². The maximum Gasteiger partial charge on any atom is 0.123 e. The predicted octanol–water partition coefficient (Wildman–Crippen LogP) is 2.25. The van der Waals surface area contributed by atoms with E-state index < -0.39 is 0 Å². The molecule has 4 rings (SSSR count). The van der Waals surface area contributed by atoms with Crippen LogP contribution in [-0.2, 0) is 4.74 Å². The molecule has 0 amide bonds. The highest BCUT2D eigenvalue weighted by Crippen LogP contribution is 2.40. The molecule has 2 fully saturated rings. The van der Waals surface area contributed by atoms with Crippen LogP contribution in [0.25, 0.3) is 0 Å². The Morgan fingerprint density at radius 3 is 2.62 bits per heavy atom. The van der Waals surface area contributed by atoms with Crippen LogP contribution in [0.15, 0.2) is 30.4 Å². The van der Waals surface area contributed by atoms with Crippen LogP contribution < -0.4 is 5.32 Å². The first-order valence-corrected chi connectivity index (χ1v) is 9.10. The van der Waals surface area contributed by atoms with Crippen LogP contribution in [0.3, 0.4) is 0 Å². The Morgan fingerprint density at radius 2 is 1.85 bits per heavy atom. The Labute approximate surface area is 152 Å². The van der Waals surface area contributed by atoms with Gasteiger partial charge in [-0.15, -0.1) is 0 Å². The van der Waals surface area contributed by atoms with Crippen molar-refractivity contribution in [3.63, 3.8) is 0 Å². The van der Waals surface area contributed by atoms with Crippen molar-refractivity contribution in [3.05, 3.63) is 41.7 Å². The van der Waals surface area contributed by atoms with Crippen LogP contribution in [0, 0.1) is 16.6 Å². The Hall–Kier alpha value is -2.41. The summed E-state index contributed by atoms with van der Waals surface area (Å²) in [6, 6.07) is 5.22. The van der Waals surface area contributed by atoms with Crippen molar-refractivity contribution in [2.45, 2.75) is 18.4 Å². The van der Waals surface area contributed by atoms with Gasteiger partial charge in [-0.05, 0) is 42.3 Å². The molecule has 6 nitrogen and oxygen atoms in total. The van der Waals surface area contributed by atoms with Crippen molar-refractivity contribution < 1.29 is 9.13 Å². The van der Waals surface area contributed by atoms with Crippen LogP contribution in [-0.4, -0.2) is 66.9 Å². The molecule has 3 heterocycles. The number of piperidine rings is 1.